The average molecular weight is 267 g/mol. The standard InChI is InChI=1S/C8H11NO.C6H8N.ClH/c1-6-3-4-7(9-2)5-8(6)10;1-7-5-3-2-4-6-7;/h3-5,9-10H,1-2H3;2-6H,1H3;1H/q;+1;/p-1. The number of hydrogen-bond donors (Lipinski definition) is 2. The van der Waals surface area contributed by atoms with Crippen molar-refractivity contribution in [2.75, 3.05) is 12.4 Å². The molecule has 0 bridgehead atoms. The number of phenols is 1. The summed E-state index contributed by atoms with van der Waals surface area (Å²) in [6, 6.07) is 11.5. The van der Waals surface area contributed by atoms with Crippen molar-refractivity contribution in [3.8, 4) is 5.75 Å². The van der Waals surface area contributed by atoms with Crippen LogP contribution in [0.1, 0.15) is 5.56 Å². The lowest BCUT2D eigenvalue weighted by Crippen LogP contribution is -3.00. The molecule has 0 aliphatic rings. The van der Waals surface area contributed by atoms with Gasteiger partial charge in [0, 0.05) is 30.9 Å². The van der Waals surface area contributed by atoms with E-state index in [-0.39, 0.29) is 12.4 Å². The van der Waals surface area contributed by atoms with Crippen LogP contribution in [0.2, 0.25) is 0 Å². The average Bonchev–Trinajstić information content (AvgIpc) is 2.34. The monoisotopic (exact) mass is 266 g/mol. The van der Waals surface area contributed by atoms with Gasteiger partial charge in [0.15, 0.2) is 12.4 Å². The summed E-state index contributed by atoms with van der Waals surface area (Å²) in [5, 5.41) is 12.1. The maximum absolute atomic E-state index is 9.19. The van der Waals surface area contributed by atoms with Gasteiger partial charge in [-0.25, -0.2) is 4.57 Å². The Morgan fingerprint density at radius 3 is 2.11 bits per heavy atom. The van der Waals surface area contributed by atoms with E-state index in [4.69, 9.17) is 0 Å². The molecule has 0 saturated heterocycles. The number of aromatic hydroxyl groups is 1. The molecule has 98 valence electrons. The van der Waals surface area contributed by atoms with Crippen LogP contribution < -0.4 is 22.3 Å². The number of aromatic nitrogens is 1. The van der Waals surface area contributed by atoms with Crippen molar-refractivity contribution in [3.05, 3.63) is 54.4 Å². The van der Waals surface area contributed by atoms with E-state index in [1.807, 2.05) is 68.3 Å². The largest absolute Gasteiger partial charge is 1.00 e. The second-order valence-electron chi connectivity index (χ2n) is 3.79. The molecule has 0 atom stereocenters. The Morgan fingerprint density at radius 1 is 1.11 bits per heavy atom. The number of phenolic OH excluding ortho intramolecular Hbond substituents is 1. The van der Waals surface area contributed by atoms with Crippen molar-refractivity contribution in [1.29, 1.82) is 0 Å². The second-order valence-corrected chi connectivity index (χ2v) is 3.79. The van der Waals surface area contributed by atoms with Gasteiger partial charge in [-0.1, -0.05) is 12.1 Å². The quantitative estimate of drug-likeness (QED) is 0.667. The first-order chi connectivity index (χ1) is 8.13. The molecule has 0 saturated carbocycles. The zero-order chi connectivity index (χ0) is 12.7. The number of halogens is 1. The molecule has 1 heterocycles. The molecule has 4 heteroatoms. The lowest BCUT2D eigenvalue weighted by Gasteiger charge is -2.01. The van der Waals surface area contributed by atoms with Gasteiger partial charge in [0.25, 0.3) is 0 Å². The SMILES string of the molecule is CNc1ccc(C)c(O)c1.C[n+]1ccccc1.[Cl-]. The Kier molecular flexibility index (Phi) is 7.56. The third-order valence-electron chi connectivity index (χ3n) is 2.36. The summed E-state index contributed by atoms with van der Waals surface area (Å²) in [7, 11) is 3.82. The van der Waals surface area contributed by atoms with Crippen molar-refractivity contribution in [1.82, 2.24) is 0 Å². The summed E-state index contributed by atoms with van der Waals surface area (Å²) < 4.78 is 2.00. The smallest absolute Gasteiger partial charge is 0.168 e. The van der Waals surface area contributed by atoms with Crippen LogP contribution in [-0.2, 0) is 7.05 Å². The van der Waals surface area contributed by atoms with Crippen molar-refractivity contribution >= 4 is 5.69 Å². The predicted molar refractivity (Wildman–Crippen MR) is 70.0 cm³/mol. The van der Waals surface area contributed by atoms with E-state index in [1.54, 1.807) is 6.07 Å². The van der Waals surface area contributed by atoms with Crippen LogP contribution in [0.25, 0.3) is 0 Å². The molecule has 0 aliphatic heterocycles. The van der Waals surface area contributed by atoms with Crippen molar-refractivity contribution < 1.29 is 22.1 Å². The molecule has 0 aliphatic carbocycles. The molecule has 0 spiro atoms. The Hall–Kier alpha value is -1.74. The highest BCUT2D eigenvalue weighted by atomic mass is 35.5. The number of hydrogen-bond acceptors (Lipinski definition) is 2. The number of aryl methyl sites for hydroxylation is 2. The minimum absolute atomic E-state index is 0. The maximum atomic E-state index is 9.19. The van der Waals surface area contributed by atoms with Crippen molar-refractivity contribution in [2.24, 2.45) is 7.05 Å². The van der Waals surface area contributed by atoms with Gasteiger partial charge >= 0.3 is 0 Å². The van der Waals surface area contributed by atoms with Gasteiger partial charge < -0.3 is 22.8 Å². The minimum atomic E-state index is 0. The van der Waals surface area contributed by atoms with E-state index >= 15 is 0 Å². The first-order valence-corrected chi connectivity index (χ1v) is 5.51. The third kappa shape index (κ3) is 5.55. The molecule has 2 aromatic rings. The molecule has 1 aromatic carbocycles. The molecular formula is C14H19ClN2O. The van der Waals surface area contributed by atoms with Crippen LogP contribution in [0, 0.1) is 6.92 Å². The normalized spacial score (nSPS) is 8.61. The highest BCUT2D eigenvalue weighted by molar-refractivity contribution is 5.50. The van der Waals surface area contributed by atoms with E-state index < -0.39 is 0 Å². The number of nitrogens with one attached hydrogen (secondary N) is 1. The first kappa shape index (κ1) is 16.3. The summed E-state index contributed by atoms with van der Waals surface area (Å²) in [4.78, 5) is 0. The fraction of sp³-hybridized carbons (Fsp3) is 0.214. The number of anilines is 1. The van der Waals surface area contributed by atoms with Gasteiger partial charge in [-0.05, 0) is 18.6 Å². The maximum Gasteiger partial charge on any atom is 0.168 e. The Morgan fingerprint density at radius 2 is 1.72 bits per heavy atom. The van der Waals surface area contributed by atoms with Crippen LogP contribution >= 0.6 is 0 Å². The minimum Gasteiger partial charge on any atom is -1.00 e. The van der Waals surface area contributed by atoms with Gasteiger partial charge in [0.2, 0.25) is 0 Å². The lowest BCUT2D eigenvalue weighted by atomic mass is 10.2. The van der Waals surface area contributed by atoms with E-state index in [9.17, 15) is 5.11 Å². The van der Waals surface area contributed by atoms with Gasteiger partial charge in [-0.15, -0.1) is 0 Å². The van der Waals surface area contributed by atoms with Crippen LogP contribution in [0.3, 0.4) is 0 Å². The topological polar surface area (TPSA) is 36.1 Å². The molecule has 0 unspecified atom stereocenters. The number of pyridine rings is 1. The van der Waals surface area contributed by atoms with Gasteiger partial charge in [-0.2, -0.15) is 0 Å². The van der Waals surface area contributed by atoms with Gasteiger partial charge in [-0.3, -0.25) is 0 Å². The Bertz CT molecular complexity index is 461. The summed E-state index contributed by atoms with van der Waals surface area (Å²) >= 11 is 0. The molecular weight excluding hydrogens is 248 g/mol. The number of nitrogens with zero attached hydrogens (tertiary/aromatic N) is 1. The van der Waals surface area contributed by atoms with Crippen LogP contribution in [0.5, 0.6) is 5.75 Å². The molecule has 0 fully saturated rings. The summed E-state index contributed by atoms with van der Waals surface area (Å²) in [5.41, 5.74) is 1.84. The van der Waals surface area contributed by atoms with Gasteiger partial charge in [0.05, 0.1) is 0 Å². The fourth-order valence-corrected chi connectivity index (χ4v) is 1.25. The number of benzene rings is 1. The molecule has 2 N–H and O–H groups in total. The molecule has 3 nitrogen and oxygen atoms in total. The van der Waals surface area contributed by atoms with Crippen LogP contribution in [0.4, 0.5) is 5.69 Å². The molecule has 18 heavy (non-hydrogen) atoms. The van der Waals surface area contributed by atoms with Crippen molar-refractivity contribution in [2.45, 2.75) is 6.92 Å². The Labute approximate surface area is 115 Å². The van der Waals surface area contributed by atoms with Gasteiger partial charge in [0.1, 0.15) is 12.8 Å². The van der Waals surface area contributed by atoms with E-state index in [2.05, 4.69) is 5.32 Å². The summed E-state index contributed by atoms with van der Waals surface area (Å²) in [5.74, 6) is 0.340. The predicted octanol–water partition coefficient (Wildman–Crippen LogP) is -0.743. The zero-order valence-electron chi connectivity index (χ0n) is 10.9. The number of rotatable bonds is 1. The summed E-state index contributed by atoms with van der Waals surface area (Å²) in [6.07, 6.45) is 4.00. The Balaban J connectivity index is 0.000000321. The molecule has 2 rings (SSSR count). The van der Waals surface area contributed by atoms with Crippen LogP contribution in [0.15, 0.2) is 48.8 Å². The lowest BCUT2D eigenvalue weighted by molar-refractivity contribution is -0.671. The summed E-state index contributed by atoms with van der Waals surface area (Å²) in [6.45, 7) is 1.87. The zero-order valence-corrected chi connectivity index (χ0v) is 11.6. The van der Waals surface area contributed by atoms with E-state index in [0.29, 0.717) is 5.75 Å². The molecule has 0 radical (unpaired) electrons. The first-order valence-electron chi connectivity index (χ1n) is 5.51. The molecule has 1 aromatic heterocycles. The second kappa shape index (κ2) is 8.37. The third-order valence-corrected chi connectivity index (χ3v) is 2.36. The molecule has 0 amide bonds. The highest BCUT2D eigenvalue weighted by Gasteiger charge is 1.94. The fourth-order valence-electron chi connectivity index (χ4n) is 1.25. The van der Waals surface area contributed by atoms with E-state index in [0.717, 1.165) is 11.3 Å². The van der Waals surface area contributed by atoms with E-state index in [1.165, 1.54) is 0 Å². The highest BCUT2D eigenvalue weighted by Crippen LogP contribution is 2.19. The van der Waals surface area contributed by atoms with Crippen molar-refractivity contribution in [3.63, 3.8) is 0 Å². The van der Waals surface area contributed by atoms with Crippen LogP contribution in [-0.4, -0.2) is 12.2 Å².